The van der Waals surface area contributed by atoms with Crippen molar-refractivity contribution in [1.29, 1.82) is 0 Å². The zero-order chi connectivity index (χ0) is 16.6. The van der Waals surface area contributed by atoms with E-state index in [9.17, 15) is 14.4 Å². The molecule has 0 aromatic rings. The number of carbonyl (C=O) groups excluding carboxylic acids is 2. The highest BCUT2D eigenvalue weighted by Gasteiger charge is 2.29. The van der Waals surface area contributed by atoms with Crippen LogP contribution >= 0.6 is 0 Å². The summed E-state index contributed by atoms with van der Waals surface area (Å²) in [5, 5.41) is 13.5. The number of hydrogen-bond acceptors (Lipinski definition) is 4. The van der Waals surface area contributed by atoms with Crippen molar-refractivity contribution in [3.05, 3.63) is 0 Å². The van der Waals surface area contributed by atoms with Gasteiger partial charge in [0, 0.05) is 0 Å². The summed E-state index contributed by atoms with van der Waals surface area (Å²) in [5.74, 6) is -2.14. The van der Waals surface area contributed by atoms with Crippen molar-refractivity contribution in [2.75, 3.05) is 6.54 Å². The second kappa shape index (κ2) is 9.33. The monoisotopic (exact) mass is 301 g/mol. The third kappa shape index (κ3) is 6.57. The zero-order valence-electron chi connectivity index (χ0n) is 13.2. The maximum atomic E-state index is 12.1. The summed E-state index contributed by atoms with van der Waals surface area (Å²) in [6.45, 7) is 7.04. The average molecular weight is 301 g/mol. The first-order valence-corrected chi connectivity index (χ1v) is 7.29. The molecule has 0 aromatic carbocycles. The van der Waals surface area contributed by atoms with E-state index in [-0.39, 0.29) is 17.7 Å². The summed E-state index contributed by atoms with van der Waals surface area (Å²) in [7, 11) is 0. The summed E-state index contributed by atoms with van der Waals surface area (Å²) >= 11 is 0. The van der Waals surface area contributed by atoms with Gasteiger partial charge >= 0.3 is 5.97 Å². The van der Waals surface area contributed by atoms with Crippen LogP contribution in [0.5, 0.6) is 0 Å². The summed E-state index contributed by atoms with van der Waals surface area (Å²) in [6.07, 6.45) is 1.43. The van der Waals surface area contributed by atoms with Gasteiger partial charge in [-0.3, -0.25) is 14.4 Å². The number of amides is 2. The third-order valence-corrected chi connectivity index (χ3v) is 3.77. The third-order valence-electron chi connectivity index (χ3n) is 3.77. The Hall–Kier alpha value is -1.63. The Balaban J connectivity index is 4.80. The standard InChI is InChI=1S/C14H27N3O4/c1-5-8(3)11(15)13(20)17-12(9(4)6-2)14(21)16-7-10(18)19/h8-9,11-12H,5-7,15H2,1-4H3,(H,16,21)(H,17,20)(H,18,19)/t8-,9-,11-,12-/m0/s1. The van der Waals surface area contributed by atoms with Crippen LogP contribution < -0.4 is 16.4 Å². The number of aliphatic carboxylic acids is 1. The molecule has 0 aliphatic heterocycles. The highest BCUT2D eigenvalue weighted by atomic mass is 16.4. The second-order valence-corrected chi connectivity index (χ2v) is 5.39. The second-order valence-electron chi connectivity index (χ2n) is 5.39. The molecule has 21 heavy (non-hydrogen) atoms. The van der Waals surface area contributed by atoms with E-state index >= 15 is 0 Å². The largest absolute Gasteiger partial charge is 0.480 e. The minimum Gasteiger partial charge on any atom is -0.480 e. The molecule has 0 fully saturated rings. The number of nitrogens with one attached hydrogen (secondary N) is 2. The smallest absolute Gasteiger partial charge is 0.322 e. The SMILES string of the molecule is CC[C@H](C)[C@H](N)C(=O)N[C@H](C(=O)NCC(=O)O)[C@@H](C)CC. The molecule has 5 N–H and O–H groups in total. The first kappa shape index (κ1) is 19.4. The van der Waals surface area contributed by atoms with Gasteiger partial charge in [-0.2, -0.15) is 0 Å². The molecular formula is C14H27N3O4. The van der Waals surface area contributed by atoms with Crippen LogP contribution in [-0.2, 0) is 14.4 Å². The topological polar surface area (TPSA) is 122 Å². The molecule has 7 nitrogen and oxygen atoms in total. The quantitative estimate of drug-likeness (QED) is 0.481. The molecule has 0 saturated heterocycles. The number of carboxylic acid groups (broad SMARTS) is 1. The summed E-state index contributed by atoms with van der Waals surface area (Å²) < 4.78 is 0. The fourth-order valence-corrected chi connectivity index (χ4v) is 1.74. The fourth-order valence-electron chi connectivity index (χ4n) is 1.74. The lowest BCUT2D eigenvalue weighted by molar-refractivity contribution is -0.138. The molecule has 0 aliphatic carbocycles. The number of carbonyl (C=O) groups is 3. The van der Waals surface area contributed by atoms with Gasteiger partial charge < -0.3 is 21.5 Å². The van der Waals surface area contributed by atoms with Gasteiger partial charge in [0.1, 0.15) is 12.6 Å². The highest BCUT2D eigenvalue weighted by Crippen LogP contribution is 2.10. The number of nitrogens with two attached hydrogens (primary N) is 1. The lowest BCUT2D eigenvalue weighted by Crippen LogP contribution is -2.55. The summed E-state index contributed by atoms with van der Waals surface area (Å²) in [5.41, 5.74) is 5.85. The molecule has 0 aromatic heterocycles. The van der Waals surface area contributed by atoms with Gasteiger partial charge in [-0.05, 0) is 11.8 Å². The fraction of sp³-hybridized carbons (Fsp3) is 0.786. The van der Waals surface area contributed by atoms with Crippen LogP contribution in [0.15, 0.2) is 0 Å². The van der Waals surface area contributed by atoms with Crippen LogP contribution in [0, 0.1) is 11.8 Å². The minimum absolute atomic E-state index is 0.00432. The Bertz CT molecular complexity index is 373. The van der Waals surface area contributed by atoms with Gasteiger partial charge in [0.2, 0.25) is 11.8 Å². The lowest BCUT2D eigenvalue weighted by Gasteiger charge is -2.26. The molecule has 0 bridgehead atoms. The molecule has 0 heterocycles. The van der Waals surface area contributed by atoms with Gasteiger partial charge in [0.25, 0.3) is 0 Å². The van der Waals surface area contributed by atoms with E-state index in [1.54, 1.807) is 0 Å². The molecule has 0 spiro atoms. The Morgan fingerprint density at radius 3 is 2.00 bits per heavy atom. The molecule has 2 amide bonds. The molecule has 0 aliphatic rings. The first-order valence-electron chi connectivity index (χ1n) is 7.29. The first-order chi connectivity index (χ1) is 9.74. The lowest BCUT2D eigenvalue weighted by atomic mass is 9.95. The average Bonchev–Trinajstić information content (AvgIpc) is 2.47. The van der Waals surface area contributed by atoms with Gasteiger partial charge in [-0.25, -0.2) is 0 Å². The Morgan fingerprint density at radius 1 is 1.05 bits per heavy atom. The van der Waals surface area contributed by atoms with Crippen molar-refractivity contribution < 1.29 is 19.5 Å². The number of rotatable bonds is 9. The van der Waals surface area contributed by atoms with Crippen molar-refractivity contribution in [2.45, 2.75) is 52.6 Å². The van der Waals surface area contributed by atoms with Crippen molar-refractivity contribution in [3.8, 4) is 0 Å². The van der Waals surface area contributed by atoms with Crippen molar-refractivity contribution in [1.82, 2.24) is 10.6 Å². The maximum absolute atomic E-state index is 12.1. The molecule has 0 rings (SSSR count). The van der Waals surface area contributed by atoms with Gasteiger partial charge in [0.15, 0.2) is 0 Å². The molecule has 0 unspecified atom stereocenters. The molecule has 122 valence electrons. The molecule has 7 heteroatoms. The van der Waals surface area contributed by atoms with E-state index in [1.807, 2.05) is 27.7 Å². The van der Waals surface area contributed by atoms with Gasteiger partial charge in [-0.15, -0.1) is 0 Å². The summed E-state index contributed by atoms with van der Waals surface area (Å²) in [4.78, 5) is 34.6. The predicted molar refractivity (Wildman–Crippen MR) is 79.5 cm³/mol. The van der Waals surface area contributed by atoms with Crippen LogP contribution in [-0.4, -0.2) is 41.5 Å². The molecule has 4 atom stereocenters. The van der Waals surface area contributed by atoms with E-state index in [1.165, 1.54) is 0 Å². The highest BCUT2D eigenvalue weighted by molar-refractivity contribution is 5.91. The Morgan fingerprint density at radius 2 is 1.57 bits per heavy atom. The van der Waals surface area contributed by atoms with E-state index in [0.29, 0.717) is 6.42 Å². The maximum Gasteiger partial charge on any atom is 0.322 e. The summed E-state index contributed by atoms with van der Waals surface area (Å²) in [6, 6.07) is -1.47. The van der Waals surface area contributed by atoms with Crippen LogP contribution in [0.25, 0.3) is 0 Å². The van der Waals surface area contributed by atoms with Crippen molar-refractivity contribution in [3.63, 3.8) is 0 Å². The molecule has 0 saturated carbocycles. The number of carboxylic acids is 1. The van der Waals surface area contributed by atoms with Crippen LogP contribution in [0.3, 0.4) is 0 Å². The number of hydrogen-bond donors (Lipinski definition) is 4. The van der Waals surface area contributed by atoms with E-state index in [0.717, 1.165) is 6.42 Å². The van der Waals surface area contributed by atoms with Crippen LogP contribution in [0.4, 0.5) is 0 Å². The Kier molecular flexibility index (Phi) is 8.61. The predicted octanol–water partition coefficient (Wildman–Crippen LogP) is 0.0915. The van der Waals surface area contributed by atoms with Crippen molar-refractivity contribution >= 4 is 17.8 Å². The van der Waals surface area contributed by atoms with Crippen molar-refractivity contribution in [2.24, 2.45) is 17.6 Å². The normalized spacial score (nSPS) is 16.4. The Labute approximate surface area is 125 Å². The van der Waals surface area contributed by atoms with Gasteiger partial charge in [0.05, 0.1) is 6.04 Å². The van der Waals surface area contributed by atoms with E-state index < -0.39 is 30.5 Å². The van der Waals surface area contributed by atoms with Gasteiger partial charge in [-0.1, -0.05) is 40.5 Å². The minimum atomic E-state index is -1.13. The van der Waals surface area contributed by atoms with Crippen LogP contribution in [0.2, 0.25) is 0 Å². The van der Waals surface area contributed by atoms with E-state index in [4.69, 9.17) is 10.8 Å². The van der Waals surface area contributed by atoms with Crippen LogP contribution in [0.1, 0.15) is 40.5 Å². The molecule has 0 radical (unpaired) electrons. The zero-order valence-corrected chi connectivity index (χ0v) is 13.2. The molecular weight excluding hydrogens is 274 g/mol. The van der Waals surface area contributed by atoms with E-state index in [2.05, 4.69) is 10.6 Å².